The Balaban J connectivity index is 1.95. The zero-order chi connectivity index (χ0) is 16.4. The quantitative estimate of drug-likeness (QED) is 0.685. The van der Waals surface area contributed by atoms with E-state index in [9.17, 15) is 14.9 Å². The summed E-state index contributed by atoms with van der Waals surface area (Å²) in [6, 6.07) is 9.41. The summed E-state index contributed by atoms with van der Waals surface area (Å²) < 4.78 is 0. The number of aromatic nitrogens is 1. The zero-order valence-electron chi connectivity index (χ0n) is 12.3. The molecule has 0 aliphatic heterocycles. The number of amides is 1. The lowest BCUT2D eigenvalue weighted by atomic mass is 9.91. The van der Waals surface area contributed by atoms with Gasteiger partial charge in [-0.3, -0.25) is 14.9 Å². The van der Waals surface area contributed by atoms with Crippen molar-refractivity contribution in [1.82, 2.24) is 4.98 Å². The third-order valence-corrected chi connectivity index (χ3v) is 5.20. The molecule has 3 rings (SSSR count). The fourth-order valence-corrected chi connectivity index (χ4v) is 4.09. The van der Waals surface area contributed by atoms with E-state index in [-0.39, 0.29) is 16.5 Å². The van der Waals surface area contributed by atoms with Crippen LogP contribution in [0.15, 0.2) is 41.6 Å². The Morgan fingerprint density at radius 2 is 2.17 bits per heavy atom. The molecule has 2 aromatic rings. The van der Waals surface area contributed by atoms with Crippen molar-refractivity contribution in [3.63, 3.8) is 0 Å². The Kier molecular flexibility index (Phi) is 4.29. The Labute approximate surface area is 137 Å². The van der Waals surface area contributed by atoms with Crippen LogP contribution < -0.4 is 5.73 Å². The average Bonchev–Trinajstić information content (AvgIpc) is 2.55. The van der Waals surface area contributed by atoms with Crippen LogP contribution in [0.1, 0.15) is 39.6 Å². The van der Waals surface area contributed by atoms with E-state index in [4.69, 9.17) is 5.73 Å². The van der Waals surface area contributed by atoms with Gasteiger partial charge in [0.25, 0.3) is 11.6 Å². The van der Waals surface area contributed by atoms with E-state index in [1.165, 1.54) is 35.2 Å². The number of nitro groups is 1. The molecular formula is C16H15N3O3S. The maximum Gasteiger partial charge on any atom is 0.288 e. The number of benzene rings is 1. The monoisotopic (exact) mass is 329 g/mol. The number of primary amides is 1. The van der Waals surface area contributed by atoms with Crippen LogP contribution in [0.4, 0.5) is 5.69 Å². The van der Waals surface area contributed by atoms with E-state index in [1.54, 1.807) is 0 Å². The highest BCUT2D eigenvalue weighted by atomic mass is 32.2. The largest absolute Gasteiger partial charge is 0.366 e. The molecule has 1 atom stereocenters. The molecule has 1 heterocycles. The third-order valence-electron chi connectivity index (χ3n) is 3.88. The Morgan fingerprint density at radius 3 is 2.91 bits per heavy atom. The number of carbonyl (C=O) groups excluding carboxylic acids is 1. The molecule has 0 unspecified atom stereocenters. The lowest BCUT2D eigenvalue weighted by Crippen LogP contribution is -2.14. The van der Waals surface area contributed by atoms with Gasteiger partial charge in [-0.1, -0.05) is 36.0 Å². The second-order valence-electron chi connectivity index (χ2n) is 5.37. The summed E-state index contributed by atoms with van der Waals surface area (Å²) in [5.41, 5.74) is 7.78. The topological polar surface area (TPSA) is 99.1 Å². The Morgan fingerprint density at radius 1 is 1.39 bits per heavy atom. The van der Waals surface area contributed by atoms with Crippen LogP contribution in [0.25, 0.3) is 0 Å². The van der Waals surface area contributed by atoms with Crippen molar-refractivity contribution in [3.05, 3.63) is 63.3 Å². The van der Waals surface area contributed by atoms with Gasteiger partial charge in [0, 0.05) is 11.3 Å². The van der Waals surface area contributed by atoms with E-state index in [1.807, 2.05) is 12.1 Å². The SMILES string of the molecule is NC(=O)c1cc([N+](=O)[O-])cnc1S[C@H]1CCCc2ccccc21. The Hall–Kier alpha value is -2.41. The molecule has 23 heavy (non-hydrogen) atoms. The van der Waals surface area contributed by atoms with Crippen LogP contribution in [0.5, 0.6) is 0 Å². The zero-order valence-corrected chi connectivity index (χ0v) is 13.1. The number of nitrogens with zero attached hydrogens (tertiary/aromatic N) is 2. The summed E-state index contributed by atoms with van der Waals surface area (Å²) >= 11 is 1.45. The van der Waals surface area contributed by atoms with Crippen LogP contribution in [-0.2, 0) is 6.42 Å². The molecule has 1 aliphatic carbocycles. The molecule has 0 saturated heterocycles. The summed E-state index contributed by atoms with van der Waals surface area (Å²) in [5, 5.41) is 11.5. The van der Waals surface area contributed by atoms with Crippen molar-refractivity contribution in [2.45, 2.75) is 29.5 Å². The van der Waals surface area contributed by atoms with Crippen molar-refractivity contribution >= 4 is 23.4 Å². The normalized spacial score (nSPS) is 16.6. The van der Waals surface area contributed by atoms with Crippen molar-refractivity contribution in [2.75, 3.05) is 0 Å². The first-order valence-electron chi connectivity index (χ1n) is 7.25. The van der Waals surface area contributed by atoms with Gasteiger partial charge in [-0.2, -0.15) is 0 Å². The molecule has 0 fully saturated rings. The molecule has 0 saturated carbocycles. The number of thioether (sulfide) groups is 1. The second kappa shape index (κ2) is 6.37. The first-order chi connectivity index (χ1) is 11.1. The smallest absolute Gasteiger partial charge is 0.288 e. The van der Waals surface area contributed by atoms with E-state index >= 15 is 0 Å². The third kappa shape index (κ3) is 3.19. The highest BCUT2D eigenvalue weighted by Gasteiger charge is 2.24. The minimum Gasteiger partial charge on any atom is -0.366 e. The summed E-state index contributed by atoms with van der Waals surface area (Å²) in [5.74, 6) is -0.701. The van der Waals surface area contributed by atoms with E-state index in [2.05, 4.69) is 17.1 Å². The van der Waals surface area contributed by atoms with Crippen LogP contribution >= 0.6 is 11.8 Å². The van der Waals surface area contributed by atoms with Gasteiger partial charge in [0.2, 0.25) is 0 Å². The lowest BCUT2D eigenvalue weighted by Gasteiger charge is -2.25. The number of fused-ring (bicyclic) bond motifs is 1. The number of pyridine rings is 1. The fraction of sp³-hybridized carbons (Fsp3) is 0.250. The molecule has 0 spiro atoms. The molecule has 7 heteroatoms. The van der Waals surface area contributed by atoms with Crippen molar-refractivity contribution in [3.8, 4) is 0 Å². The van der Waals surface area contributed by atoms with E-state index in [0.29, 0.717) is 5.03 Å². The highest BCUT2D eigenvalue weighted by molar-refractivity contribution is 7.99. The molecule has 1 aromatic carbocycles. The minimum absolute atomic E-state index is 0.104. The fourth-order valence-electron chi connectivity index (χ4n) is 2.78. The number of aryl methyl sites for hydroxylation is 1. The first kappa shape index (κ1) is 15.5. The van der Waals surface area contributed by atoms with Gasteiger partial charge in [-0.25, -0.2) is 4.98 Å². The first-order valence-corrected chi connectivity index (χ1v) is 8.13. The average molecular weight is 329 g/mol. The Bertz CT molecular complexity index is 779. The molecule has 1 amide bonds. The number of hydrogen-bond acceptors (Lipinski definition) is 5. The van der Waals surface area contributed by atoms with Crippen molar-refractivity contribution < 1.29 is 9.72 Å². The lowest BCUT2D eigenvalue weighted by molar-refractivity contribution is -0.385. The predicted molar refractivity (Wildman–Crippen MR) is 87.4 cm³/mol. The van der Waals surface area contributed by atoms with E-state index in [0.717, 1.165) is 19.3 Å². The summed E-state index contributed by atoms with van der Waals surface area (Å²) in [6.45, 7) is 0. The minimum atomic E-state index is -0.701. The van der Waals surface area contributed by atoms with Gasteiger partial charge in [-0.05, 0) is 30.4 Å². The number of carbonyl (C=O) groups is 1. The molecule has 0 bridgehead atoms. The number of hydrogen-bond donors (Lipinski definition) is 1. The van der Waals surface area contributed by atoms with Gasteiger partial charge in [0.05, 0.1) is 10.5 Å². The van der Waals surface area contributed by atoms with Gasteiger partial charge < -0.3 is 5.73 Å². The maximum absolute atomic E-state index is 11.6. The maximum atomic E-state index is 11.6. The van der Waals surface area contributed by atoms with Crippen LogP contribution in [-0.4, -0.2) is 15.8 Å². The molecular weight excluding hydrogens is 314 g/mol. The predicted octanol–water partition coefficient (Wildman–Crippen LogP) is 3.26. The van der Waals surface area contributed by atoms with Gasteiger partial charge in [-0.15, -0.1) is 0 Å². The van der Waals surface area contributed by atoms with Crippen molar-refractivity contribution in [2.24, 2.45) is 5.73 Å². The van der Waals surface area contributed by atoms with Crippen LogP contribution in [0.3, 0.4) is 0 Å². The standard InChI is InChI=1S/C16H15N3O3S/c17-15(20)13-8-11(19(21)22)9-18-16(13)23-14-7-3-5-10-4-1-2-6-12(10)14/h1-2,4,6,8-9,14H,3,5,7H2,(H2,17,20)/t14-/m0/s1. The molecule has 118 valence electrons. The van der Waals surface area contributed by atoms with Crippen molar-refractivity contribution in [1.29, 1.82) is 0 Å². The highest BCUT2D eigenvalue weighted by Crippen LogP contribution is 2.43. The molecule has 1 aromatic heterocycles. The van der Waals surface area contributed by atoms with Crippen LogP contribution in [0.2, 0.25) is 0 Å². The second-order valence-corrected chi connectivity index (χ2v) is 6.56. The summed E-state index contributed by atoms with van der Waals surface area (Å²) in [6.07, 6.45) is 4.25. The van der Waals surface area contributed by atoms with E-state index < -0.39 is 10.8 Å². The van der Waals surface area contributed by atoms with Gasteiger partial charge in [0.1, 0.15) is 11.2 Å². The van der Waals surface area contributed by atoms with Crippen LogP contribution in [0, 0.1) is 10.1 Å². The summed E-state index contributed by atoms with van der Waals surface area (Å²) in [7, 11) is 0. The molecule has 2 N–H and O–H groups in total. The number of rotatable bonds is 4. The number of nitrogens with two attached hydrogens (primary N) is 1. The molecule has 6 nitrogen and oxygen atoms in total. The van der Waals surface area contributed by atoms with Gasteiger partial charge >= 0.3 is 0 Å². The molecule has 0 radical (unpaired) electrons. The summed E-state index contributed by atoms with van der Waals surface area (Å²) in [4.78, 5) is 26.0. The molecule has 1 aliphatic rings. The van der Waals surface area contributed by atoms with Gasteiger partial charge in [0.15, 0.2) is 0 Å².